The molecule has 0 bridgehead atoms. The van der Waals surface area contributed by atoms with Gasteiger partial charge in [0.1, 0.15) is 12.9 Å². The molecule has 1 aliphatic heterocycles. The second-order valence-electron chi connectivity index (χ2n) is 5.07. The average Bonchev–Trinajstić information content (AvgIpc) is 2.92. The van der Waals surface area contributed by atoms with Crippen molar-refractivity contribution in [2.75, 3.05) is 13.6 Å². The smallest absolute Gasteiger partial charge is 0.356 e. The van der Waals surface area contributed by atoms with Gasteiger partial charge in [0.2, 0.25) is 5.91 Å². The van der Waals surface area contributed by atoms with E-state index >= 15 is 0 Å². The monoisotopic (exact) mass is 314 g/mol. The van der Waals surface area contributed by atoms with Crippen molar-refractivity contribution in [3.05, 3.63) is 47.5 Å². The number of amides is 2. The molecule has 0 saturated heterocycles. The molecule has 1 aromatic heterocycles. The third-order valence-corrected chi connectivity index (χ3v) is 3.70. The number of para-hydroxylation sites is 1. The van der Waals surface area contributed by atoms with Crippen LogP contribution >= 0.6 is 0 Å². The van der Waals surface area contributed by atoms with Crippen LogP contribution in [0.2, 0.25) is 0 Å². The SMILES string of the molecule is CNC(=O)CN1Cc2c(C(=O)O)ncn2-c2ccccc2C1=O. The Labute approximate surface area is 131 Å². The molecule has 23 heavy (non-hydrogen) atoms. The van der Waals surface area contributed by atoms with Gasteiger partial charge in [0.05, 0.1) is 23.5 Å². The molecule has 1 aliphatic rings. The molecule has 1 aromatic carbocycles. The molecule has 8 nitrogen and oxygen atoms in total. The second-order valence-corrected chi connectivity index (χ2v) is 5.07. The summed E-state index contributed by atoms with van der Waals surface area (Å²) in [5, 5.41) is 11.8. The van der Waals surface area contributed by atoms with Crippen molar-refractivity contribution < 1.29 is 19.5 Å². The lowest BCUT2D eigenvalue weighted by atomic mass is 10.1. The summed E-state index contributed by atoms with van der Waals surface area (Å²) in [4.78, 5) is 41.0. The van der Waals surface area contributed by atoms with Crippen molar-refractivity contribution in [2.24, 2.45) is 0 Å². The van der Waals surface area contributed by atoms with Crippen LogP contribution in [0.1, 0.15) is 26.5 Å². The van der Waals surface area contributed by atoms with E-state index in [-0.39, 0.29) is 30.6 Å². The Balaban J connectivity index is 2.17. The zero-order valence-corrected chi connectivity index (χ0v) is 12.3. The lowest BCUT2D eigenvalue weighted by Gasteiger charge is -2.19. The van der Waals surface area contributed by atoms with Crippen LogP contribution in [0.25, 0.3) is 5.69 Å². The van der Waals surface area contributed by atoms with Crippen LogP contribution in [-0.2, 0) is 11.3 Å². The number of benzene rings is 1. The minimum Gasteiger partial charge on any atom is -0.476 e. The zero-order valence-electron chi connectivity index (χ0n) is 12.3. The number of nitrogens with one attached hydrogen (secondary N) is 1. The van der Waals surface area contributed by atoms with E-state index in [1.54, 1.807) is 28.8 Å². The highest BCUT2D eigenvalue weighted by Gasteiger charge is 2.30. The van der Waals surface area contributed by atoms with E-state index < -0.39 is 5.97 Å². The van der Waals surface area contributed by atoms with Gasteiger partial charge in [-0.3, -0.25) is 14.2 Å². The van der Waals surface area contributed by atoms with Crippen LogP contribution in [0.3, 0.4) is 0 Å². The van der Waals surface area contributed by atoms with Gasteiger partial charge in [-0.2, -0.15) is 0 Å². The van der Waals surface area contributed by atoms with E-state index in [2.05, 4.69) is 10.3 Å². The van der Waals surface area contributed by atoms with Crippen LogP contribution in [0, 0.1) is 0 Å². The number of aromatic nitrogens is 2. The summed E-state index contributed by atoms with van der Waals surface area (Å²) < 4.78 is 1.58. The first-order valence-corrected chi connectivity index (χ1v) is 6.91. The number of fused-ring (bicyclic) bond motifs is 3. The van der Waals surface area contributed by atoms with Crippen LogP contribution in [0.4, 0.5) is 0 Å². The van der Waals surface area contributed by atoms with Crippen LogP contribution in [-0.4, -0.2) is 50.9 Å². The predicted octanol–water partition coefficient (Wildman–Crippen LogP) is 0.272. The molecule has 2 heterocycles. The molecule has 2 aromatic rings. The number of carbonyl (C=O) groups excluding carboxylic acids is 2. The van der Waals surface area contributed by atoms with Gasteiger partial charge in [-0.25, -0.2) is 9.78 Å². The van der Waals surface area contributed by atoms with E-state index in [0.717, 1.165) is 0 Å². The van der Waals surface area contributed by atoms with Crippen molar-refractivity contribution in [3.8, 4) is 5.69 Å². The molecule has 0 aliphatic carbocycles. The molecule has 118 valence electrons. The molecule has 2 amide bonds. The van der Waals surface area contributed by atoms with E-state index in [0.29, 0.717) is 16.9 Å². The number of imidazole rings is 1. The van der Waals surface area contributed by atoms with E-state index in [1.165, 1.54) is 18.3 Å². The van der Waals surface area contributed by atoms with Gasteiger partial charge in [0.15, 0.2) is 5.69 Å². The summed E-state index contributed by atoms with van der Waals surface area (Å²) in [5.41, 5.74) is 1.17. The number of carbonyl (C=O) groups is 3. The number of hydrogen-bond acceptors (Lipinski definition) is 4. The van der Waals surface area contributed by atoms with Gasteiger partial charge < -0.3 is 15.3 Å². The molecule has 2 N–H and O–H groups in total. The fourth-order valence-corrected chi connectivity index (χ4v) is 2.58. The standard InChI is InChI=1S/C15H14N4O4/c1-16-12(20)7-18-6-11-13(15(22)23)17-8-19(11)10-5-3-2-4-9(10)14(18)21/h2-5,8H,6-7H2,1H3,(H,16,20)(H,22,23). The maximum atomic E-state index is 12.7. The van der Waals surface area contributed by atoms with Crippen molar-refractivity contribution in [2.45, 2.75) is 6.54 Å². The lowest BCUT2D eigenvalue weighted by Crippen LogP contribution is -2.39. The first kappa shape index (κ1) is 14.8. The van der Waals surface area contributed by atoms with Gasteiger partial charge in [-0.05, 0) is 12.1 Å². The lowest BCUT2D eigenvalue weighted by molar-refractivity contribution is -0.121. The normalized spacial score (nSPS) is 13.1. The molecule has 0 radical (unpaired) electrons. The maximum absolute atomic E-state index is 12.7. The van der Waals surface area contributed by atoms with E-state index in [1.807, 2.05) is 0 Å². The van der Waals surface area contributed by atoms with E-state index in [4.69, 9.17) is 0 Å². The largest absolute Gasteiger partial charge is 0.476 e. The Morgan fingerprint density at radius 3 is 2.78 bits per heavy atom. The quantitative estimate of drug-likeness (QED) is 0.846. The number of likely N-dealkylation sites (N-methyl/N-ethyl adjacent to an activating group) is 1. The Bertz CT molecular complexity index is 812. The number of hydrogen-bond donors (Lipinski definition) is 2. The van der Waals surface area contributed by atoms with Crippen molar-refractivity contribution in [1.82, 2.24) is 19.8 Å². The predicted molar refractivity (Wildman–Crippen MR) is 79.3 cm³/mol. The van der Waals surface area contributed by atoms with Gasteiger partial charge in [-0.15, -0.1) is 0 Å². The number of carboxylic acid groups (broad SMARTS) is 1. The number of aromatic carboxylic acids is 1. The van der Waals surface area contributed by atoms with Crippen molar-refractivity contribution in [3.63, 3.8) is 0 Å². The fraction of sp³-hybridized carbons (Fsp3) is 0.200. The Hall–Kier alpha value is -3.16. The molecular formula is C15H14N4O4. The third kappa shape index (κ3) is 2.44. The molecule has 3 rings (SSSR count). The van der Waals surface area contributed by atoms with Gasteiger partial charge in [0.25, 0.3) is 5.91 Å². The minimum atomic E-state index is -1.18. The first-order chi connectivity index (χ1) is 11.0. The van der Waals surface area contributed by atoms with Gasteiger partial charge >= 0.3 is 5.97 Å². The summed E-state index contributed by atoms with van der Waals surface area (Å²) in [5.74, 6) is -1.84. The summed E-state index contributed by atoms with van der Waals surface area (Å²) in [6.45, 7) is -0.170. The highest BCUT2D eigenvalue weighted by molar-refractivity contribution is 6.00. The van der Waals surface area contributed by atoms with Crippen LogP contribution in [0.5, 0.6) is 0 Å². The summed E-state index contributed by atoms with van der Waals surface area (Å²) in [7, 11) is 1.48. The average molecular weight is 314 g/mol. The maximum Gasteiger partial charge on any atom is 0.356 e. The molecule has 0 fully saturated rings. The number of nitrogens with zero attached hydrogens (tertiary/aromatic N) is 3. The Morgan fingerprint density at radius 2 is 2.09 bits per heavy atom. The Morgan fingerprint density at radius 1 is 1.35 bits per heavy atom. The summed E-state index contributed by atoms with van der Waals surface area (Å²) >= 11 is 0. The van der Waals surface area contributed by atoms with Crippen molar-refractivity contribution >= 4 is 17.8 Å². The van der Waals surface area contributed by atoms with Gasteiger partial charge in [0, 0.05) is 7.05 Å². The Kier molecular flexibility index (Phi) is 3.57. The first-order valence-electron chi connectivity index (χ1n) is 6.91. The molecule has 0 spiro atoms. The fourth-order valence-electron chi connectivity index (χ4n) is 2.58. The van der Waals surface area contributed by atoms with Crippen LogP contribution < -0.4 is 5.32 Å². The zero-order chi connectivity index (χ0) is 16.6. The van der Waals surface area contributed by atoms with Crippen LogP contribution in [0.15, 0.2) is 30.6 Å². The minimum absolute atomic E-state index is 0.0113. The topological polar surface area (TPSA) is 105 Å². The third-order valence-electron chi connectivity index (χ3n) is 3.70. The molecule has 0 saturated carbocycles. The van der Waals surface area contributed by atoms with E-state index in [9.17, 15) is 19.5 Å². The van der Waals surface area contributed by atoms with Gasteiger partial charge in [-0.1, -0.05) is 12.1 Å². The molecular weight excluding hydrogens is 300 g/mol. The molecule has 8 heteroatoms. The molecule has 0 atom stereocenters. The number of rotatable bonds is 3. The second kappa shape index (κ2) is 5.56. The highest BCUT2D eigenvalue weighted by atomic mass is 16.4. The summed E-state index contributed by atoms with van der Waals surface area (Å²) in [6, 6.07) is 6.83. The highest BCUT2D eigenvalue weighted by Crippen LogP contribution is 2.26. The molecule has 0 unspecified atom stereocenters. The number of carboxylic acids is 1. The van der Waals surface area contributed by atoms with Crippen molar-refractivity contribution in [1.29, 1.82) is 0 Å². The summed E-state index contributed by atoms with van der Waals surface area (Å²) in [6.07, 6.45) is 1.38.